The number of carbonyl (C=O) groups excluding carboxylic acids is 1. The van der Waals surface area contributed by atoms with Gasteiger partial charge in [-0.15, -0.1) is 5.10 Å². The summed E-state index contributed by atoms with van der Waals surface area (Å²) in [6.45, 7) is 3.35. The van der Waals surface area contributed by atoms with Crippen molar-refractivity contribution < 1.29 is 4.79 Å². The molecule has 0 spiro atoms. The van der Waals surface area contributed by atoms with Gasteiger partial charge in [-0.3, -0.25) is 9.48 Å². The Morgan fingerprint density at radius 3 is 2.95 bits per heavy atom. The van der Waals surface area contributed by atoms with Crippen LogP contribution in [0.1, 0.15) is 22.3 Å². The molecule has 0 radical (unpaired) electrons. The van der Waals surface area contributed by atoms with Gasteiger partial charge in [-0.05, 0) is 31.0 Å². The molecule has 0 saturated heterocycles. The van der Waals surface area contributed by atoms with Crippen molar-refractivity contribution in [3.05, 3.63) is 41.7 Å². The molecule has 0 aliphatic rings. The average molecular weight is 273 g/mol. The van der Waals surface area contributed by atoms with Gasteiger partial charge >= 0.3 is 0 Å². The van der Waals surface area contributed by atoms with Crippen LogP contribution in [0, 0.1) is 6.92 Å². The van der Waals surface area contributed by atoms with Crippen molar-refractivity contribution in [2.75, 3.05) is 18.9 Å². The number of carbonyl (C=O) groups is 1. The zero-order chi connectivity index (χ0) is 14.4. The van der Waals surface area contributed by atoms with E-state index in [4.69, 9.17) is 0 Å². The first-order chi connectivity index (χ1) is 9.70. The Hall–Kier alpha value is -2.37. The highest BCUT2D eigenvalue weighted by Crippen LogP contribution is 2.16. The summed E-state index contributed by atoms with van der Waals surface area (Å²) in [5, 5.41) is 13.6. The highest BCUT2D eigenvalue weighted by molar-refractivity contribution is 5.99. The third-order valence-electron chi connectivity index (χ3n) is 3.01. The quantitative estimate of drug-likeness (QED) is 0.781. The zero-order valence-corrected chi connectivity index (χ0v) is 11.8. The van der Waals surface area contributed by atoms with E-state index in [9.17, 15) is 4.79 Å². The van der Waals surface area contributed by atoms with Crippen LogP contribution in [0.3, 0.4) is 0 Å². The van der Waals surface area contributed by atoms with Crippen LogP contribution in [-0.4, -0.2) is 34.5 Å². The maximum atomic E-state index is 12.1. The molecule has 6 heteroatoms. The van der Waals surface area contributed by atoms with E-state index in [2.05, 4.69) is 20.9 Å². The van der Waals surface area contributed by atoms with E-state index in [1.807, 2.05) is 32.2 Å². The minimum absolute atomic E-state index is 0.0621. The van der Waals surface area contributed by atoms with Crippen molar-refractivity contribution in [2.45, 2.75) is 19.9 Å². The minimum atomic E-state index is -0.0621. The molecule has 1 aromatic carbocycles. The number of aryl methyl sites for hydroxylation is 2. The first-order valence-corrected chi connectivity index (χ1v) is 6.61. The molecule has 6 nitrogen and oxygen atoms in total. The summed E-state index contributed by atoms with van der Waals surface area (Å²) in [6, 6.07) is 5.74. The van der Waals surface area contributed by atoms with Crippen LogP contribution in [0.15, 0.2) is 30.6 Å². The number of hydrogen-bond acceptors (Lipinski definition) is 4. The first kappa shape index (κ1) is 14.0. The molecule has 0 aliphatic carbocycles. The summed E-state index contributed by atoms with van der Waals surface area (Å²) in [7, 11) is 1.82. The predicted octanol–water partition coefficient (Wildman–Crippen LogP) is 1.45. The van der Waals surface area contributed by atoms with E-state index in [1.165, 1.54) is 0 Å². The SMILES string of the molecule is CNc1cc(C)ccc1C(=O)NCCCn1ccnn1. The summed E-state index contributed by atoms with van der Waals surface area (Å²) >= 11 is 0. The van der Waals surface area contributed by atoms with Gasteiger partial charge in [0.25, 0.3) is 5.91 Å². The molecule has 20 heavy (non-hydrogen) atoms. The van der Waals surface area contributed by atoms with Crippen molar-refractivity contribution in [2.24, 2.45) is 0 Å². The largest absolute Gasteiger partial charge is 0.387 e. The number of amides is 1. The van der Waals surface area contributed by atoms with Crippen LogP contribution in [0.4, 0.5) is 5.69 Å². The summed E-state index contributed by atoms with van der Waals surface area (Å²) < 4.78 is 1.75. The van der Waals surface area contributed by atoms with Crippen molar-refractivity contribution in [3.63, 3.8) is 0 Å². The zero-order valence-electron chi connectivity index (χ0n) is 11.8. The normalized spacial score (nSPS) is 10.3. The molecule has 1 amide bonds. The summed E-state index contributed by atoms with van der Waals surface area (Å²) in [4.78, 5) is 12.1. The minimum Gasteiger partial charge on any atom is -0.387 e. The lowest BCUT2D eigenvalue weighted by Gasteiger charge is -2.10. The second-order valence-electron chi connectivity index (χ2n) is 4.57. The molecule has 1 aromatic heterocycles. The molecule has 0 fully saturated rings. The fourth-order valence-electron chi connectivity index (χ4n) is 1.95. The molecule has 2 N–H and O–H groups in total. The summed E-state index contributed by atoms with van der Waals surface area (Å²) in [5.74, 6) is -0.0621. The van der Waals surface area contributed by atoms with Crippen LogP contribution >= 0.6 is 0 Å². The van der Waals surface area contributed by atoms with Gasteiger partial charge in [0.1, 0.15) is 0 Å². The second kappa shape index (κ2) is 6.70. The lowest BCUT2D eigenvalue weighted by molar-refractivity contribution is 0.0953. The van der Waals surface area contributed by atoms with E-state index < -0.39 is 0 Å². The first-order valence-electron chi connectivity index (χ1n) is 6.61. The standard InChI is InChI=1S/C14H19N5O/c1-11-4-5-12(13(10-11)15-2)14(20)16-6-3-8-19-9-7-17-18-19/h4-5,7,9-10,15H,3,6,8H2,1-2H3,(H,16,20). The van der Waals surface area contributed by atoms with Crippen molar-refractivity contribution >= 4 is 11.6 Å². The highest BCUT2D eigenvalue weighted by Gasteiger charge is 2.09. The molecule has 0 aliphatic heterocycles. The van der Waals surface area contributed by atoms with Crippen LogP contribution in [0.2, 0.25) is 0 Å². The van der Waals surface area contributed by atoms with Gasteiger partial charge in [0.2, 0.25) is 0 Å². The van der Waals surface area contributed by atoms with Gasteiger partial charge in [-0.25, -0.2) is 0 Å². The third kappa shape index (κ3) is 3.57. The number of hydrogen-bond donors (Lipinski definition) is 2. The van der Waals surface area contributed by atoms with E-state index in [0.29, 0.717) is 12.1 Å². The van der Waals surface area contributed by atoms with Crippen molar-refractivity contribution in [1.82, 2.24) is 20.3 Å². The lowest BCUT2D eigenvalue weighted by Crippen LogP contribution is -2.26. The third-order valence-corrected chi connectivity index (χ3v) is 3.01. The number of benzene rings is 1. The monoisotopic (exact) mass is 273 g/mol. The van der Waals surface area contributed by atoms with Gasteiger partial charge in [0, 0.05) is 32.0 Å². The van der Waals surface area contributed by atoms with E-state index in [-0.39, 0.29) is 5.91 Å². The lowest BCUT2D eigenvalue weighted by atomic mass is 10.1. The van der Waals surface area contributed by atoms with Gasteiger partial charge in [0.05, 0.1) is 11.8 Å². The van der Waals surface area contributed by atoms with Crippen molar-refractivity contribution in [1.29, 1.82) is 0 Å². The van der Waals surface area contributed by atoms with Crippen LogP contribution in [0.5, 0.6) is 0 Å². The predicted molar refractivity (Wildman–Crippen MR) is 77.7 cm³/mol. The van der Waals surface area contributed by atoms with Crippen LogP contribution in [0.25, 0.3) is 0 Å². The molecule has 2 rings (SSSR count). The Balaban J connectivity index is 1.85. The molecule has 0 atom stereocenters. The fraction of sp³-hybridized carbons (Fsp3) is 0.357. The Kier molecular flexibility index (Phi) is 4.70. The van der Waals surface area contributed by atoms with Crippen molar-refractivity contribution in [3.8, 4) is 0 Å². The number of rotatable bonds is 6. The molecular formula is C14H19N5O. The van der Waals surface area contributed by atoms with Gasteiger partial charge in [-0.1, -0.05) is 11.3 Å². The number of aromatic nitrogens is 3. The molecule has 106 valence electrons. The van der Waals surface area contributed by atoms with E-state index >= 15 is 0 Å². The second-order valence-corrected chi connectivity index (χ2v) is 4.57. The average Bonchev–Trinajstić information content (AvgIpc) is 2.96. The van der Waals surface area contributed by atoms with E-state index in [0.717, 1.165) is 24.2 Å². The highest BCUT2D eigenvalue weighted by atomic mass is 16.1. The maximum absolute atomic E-state index is 12.1. The van der Waals surface area contributed by atoms with Crippen LogP contribution in [-0.2, 0) is 6.54 Å². The Bertz CT molecular complexity index is 565. The summed E-state index contributed by atoms with van der Waals surface area (Å²) in [6.07, 6.45) is 4.26. The van der Waals surface area contributed by atoms with E-state index in [1.54, 1.807) is 17.1 Å². The Morgan fingerprint density at radius 2 is 2.25 bits per heavy atom. The maximum Gasteiger partial charge on any atom is 0.253 e. The van der Waals surface area contributed by atoms with Gasteiger partial charge in [-0.2, -0.15) is 0 Å². The number of anilines is 1. The molecular weight excluding hydrogens is 254 g/mol. The molecule has 0 saturated carbocycles. The Labute approximate surface area is 118 Å². The van der Waals surface area contributed by atoms with Crippen LogP contribution < -0.4 is 10.6 Å². The summed E-state index contributed by atoms with van der Waals surface area (Å²) in [5.41, 5.74) is 2.63. The smallest absolute Gasteiger partial charge is 0.253 e. The number of nitrogens with one attached hydrogen (secondary N) is 2. The molecule has 1 heterocycles. The Morgan fingerprint density at radius 1 is 1.40 bits per heavy atom. The molecule has 2 aromatic rings. The van der Waals surface area contributed by atoms with Gasteiger partial charge < -0.3 is 10.6 Å². The molecule has 0 unspecified atom stereocenters. The number of nitrogens with zero attached hydrogens (tertiary/aromatic N) is 3. The molecule has 0 bridgehead atoms. The van der Waals surface area contributed by atoms with Gasteiger partial charge in [0.15, 0.2) is 0 Å². The fourth-order valence-corrected chi connectivity index (χ4v) is 1.95. The topological polar surface area (TPSA) is 71.8 Å².